The van der Waals surface area contributed by atoms with E-state index in [4.69, 9.17) is 9.47 Å². The maximum Gasteiger partial charge on any atom is 0.411 e. The number of carbonyl (C=O) groups is 2. The Labute approximate surface area is 140 Å². The van der Waals surface area contributed by atoms with Crippen LogP contribution in [-0.4, -0.2) is 36.7 Å². The molecule has 0 aromatic heterocycles. The molecule has 1 amide bonds. The molecule has 0 aliphatic carbocycles. The molecule has 1 unspecified atom stereocenters. The van der Waals surface area contributed by atoms with E-state index in [0.29, 0.717) is 0 Å². The Kier molecular flexibility index (Phi) is 4.25. The standard InChI is InChI=1S/C19H19NO4/c1-3-23-17(21)16-19(24-18(22)20(16)2,14-10-6-4-7-11-14)15-12-8-5-9-13-15/h4-13,16H,3H2,1-2H3. The van der Waals surface area contributed by atoms with Crippen LogP contribution in [0.1, 0.15) is 18.1 Å². The van der Waals surface area contributed by atoms with Gasteiger partial charge in [-0.25, -0.2) is 9.59 Å². The number of esters is 1. The van der Waals surface area contributed by atoms with Crippen molar-refractivity contribution >= 4 is 12.1 Å². The molecule has 0 radical (unpaired) electrons. The van der Waals surface area contributed by atoms with E-state index in [-0.39, 0.29) is 6.61 Å². The van der Waals surface area contributed by atoms with Crippen LogP contribution in [0.25, 0.3) is 0 Å². The van der Waals surface area contributed by atoms with Crippen LogP contribution >= 0.6 is 0 Å². The molecule has 1 aliphatic rings. The highest BCUT2D eigenvalue weighted by Gasteiger charge is 2.59. The maximum atomic E-state index is 12.7. The molecule has 5 nitrogen and oxygen atoms in total. The molecular formula is C19H19NO4. The van der Waals surface area contributed by atoms with Gasteiger partial charge in [-0.05, 0) is 6.92 Å². The second-order valence-electron chi connectivity index (χ2n) is 5.60. The lowest BCUT2D eigenvalue weighted by Crippen LogP contribution is -2.49. The number of benzene rings is 2. The molecule has 1 fully saturated rings. The van der Waals surface area contributed by atoms with E-state index < -0.39 is 23.7 Å². The largest absolute Gasteiger partial charge is 0.464 e. The first kappa shape index (κ1) is 16.1. The van der Waals surface area contributed by atoms with Gasteiger partial charge in [0, 0.05) is 18.2 Å². The number of carbonyl (C=O) groups excluding carboxylic acids is 2. The van der Waals surface area contributed by atoms with E-state index in [1.807, 2.05) is 60.7 Å². The lowest BCUT2D eigenvalue weighted by atomic mass is 9.80. The summed E-state index contributed by atoms with van der Waals surface area (Å²) in [5.74, 6) is -0.487. The van der Waals surface area contributed by atoms with Crippen molar-refractivity contribution in [2.75, 3.05) is 13.7 Å². The van der Waals surface area contributed by atoms with Crippen molar-refractivity contribution in [3.8, 4) is 0 Å². The molecule has 1 atom stereocenters. The molecule has 5 heteroatoms. The summed E-state index contributed by atoms with van der Waals surface area (Å²) >= 11 is 0. The average Bonchev–Trinajstić information content (AvgIpc) is 2.89. The zero-order valence-electron chi connectivity index (χ0n) is 13.6. The molecular weight excluding hydrogens is 306 g/mol. The molecule has 3 rings (SSSR count). The van der Waals surface area contributed by atoms with Crippen LogP contribution in [0.15, 0.2) is 60.7 Å². The second kappa shape index (κ2) is 6.35. The number of nitrogens with zero attached hydrogens (tertiary/aromatic N) is 1. The van der Waals surface area contributed by atoms with Crippen LogP contribution < -0.4 is 0 Å². The number of amides is 1. The summed E-state index contributed by atoms with van der Waals surface area (Å²) in [6.07, 6.45) is -0.555. The van der Waals surface area contributed by atoms with Crippen LogP contribution in [0.2, 0.25) is 0 Å². The number of hydrogen-bond donors (Lipinski definition) is 0. The predicted molar refractivity (Wildman–Crippen MR) is 88.3 cm³/mol. The second-order valence-corrected chi connectivity index (χ2v) is 5.60. The number of ether oxygens (including phenoxy) is 2. The van der Waals surface area contributed by atoms with Gasteiger partial charge in [-0.1, -0.05) is 60.7 Å². The lowest BCUT2D eigenvalue weighted by Gasteiger charge is -2.33. The third kappa shape index (κ3) is 2.42. The first-order chi connectivity index (χ1) is 11.6. The fraction of sp³-hybridized carbons (Fsp3) is 0.263. The molecule has 1 saturated heterocycles. The molecule has 2 aromatic rings. The van der Waals surface area contributed by atoms with Crippen molar-refractivity contribution in [1.82, 2.24) is 4.90 Å². The minimum absolute atomic E-state index is 0.233. The molecule has 0 saturated carbocycles. The summed E-state index contributed by atoms with van der Waals surface area (Å²) in [4.78, 5) is 26.3. The van der Waals surface area contributed by atoms with Crippen molar-refractivity contribution in [3.63, 3.8) is 0 Å². The molecule has 0 N–H and O–H groups in total. The van der Waals surface area contributed by atoms with Gasteiger partial charge in [0.1, 0.15) is 0 Å². The van der Waals surface area contributed by atoms with E-state index in [1.165, 1.54) is 4.90 Å². The molecule has 2 aromatic carbocycles. The van der Waals surface area contributed by atoms with Crippen LogP contribution in [-0.2, 0) is 19.9 Å². The summed E-state index contributed by atoms with van der Waals surface area (Å²) in [5, 5.41) is 0. The molecule has 124 valence electrons. The Hall–Kier alpha value is -2.82. The number of hydrogen-bond acceptors (Lipinski definition) is 4. The Balaban J connectivity index is 2.24. The fourth-order valence-corrected chi connectivity index (χ4v) is 3.16. The molecule has 0 bridgehead atoms. The van der Waals surface area contributed by atoms with Crippen molar-refractivity contribution in [3.05, 3.63) is 71.8 Å². The van der Waals surface area contributed by atoms with Crippen LogP contribution in [0.3, 0.4) is 0 Å². The zero-order valence-corrected chi connectivity index (χ0v) is 13.6. The Morgan fingerprint density at radius 1 is 1.08 bits per heavy atom. The third-order valence-electron chi connectivity index (χ3n) is 4.22. The highest BCUT2D eigenvalue weighted by molar-refractivity contribution is 5.87. The van der Waals surface area contributed by atoms with Gasteiger partial charge in [0.15, 0.2) is 11.6 Å². The minimum atomic E-state index is -1.24. The molecule has 24 heavy (non-hydrogen) atoms. The van der Waals surface area contributed by atoms with Gasteiger partial charge in [-0.2, -0.15) is 0 Å². The number of cyclic esters (lactones) is 1. The third-order valence-corrected chi connectivity index (χ3v) is 4.22. The van der Waals surface area contributed by atoms with Gasteiger partial charge < -0.3 is 9.47 Å². The summed E-state index contributed by atoms with van der Waals surface area (Å²) in [6, 6.07) is 17.7. The Bertz CT molecular complexity index is 690. The highest BCUT2D eigenvalue weighted by Crippen LogP contribution is 2.44. The Morgan fingerprint density at radius 2 is 1.58 bits per heavy atom. The summed E-state index contributed by atoms with van der Waals surface area (Å²) in [7, 11) is 1.55. The first-order valence-corrected chi connectivity index (χ1v) is 7.84. The van der Waals surface area contributed by atoms with E-state index in [2.05, 4.69) is 0 Å². The van der Waals surface area contributed by atoms with Crippen LogP contribution in [0.4, 0.5) is 4.79 Å². The quantitative estimate of drug-likeness (QED) is 0.811. The van der Waals surface area contributed by atoms with Crippen molar-refractivity contribution in [1.29, 1.82) is 0 Å². The van der Waals surface area contributed by atoms with Crippen LogP contribution in [0.5, 0.6) is 0 Å². The number of likely N-dealkylation sites (N-methyl/N-ethyl adjacent to an activating group) is 1. The summed E-state index contributed by atoms with van der Waals surface area (Å²) in [5.41, 5.74) is 0.222. The minimum Gasteiger partial charge on any atom is -0.464 e. The van der Waals surface area contributed by atoms with Gasteiger partial charge in [0.25, 0.3) is 0 Å². The van der Waals surface area contributed by atoms with E-state index in [1.54, 1.807) is 14.0 Å². The lowest BCUT2D eigenvalue weighted by molar-refractivity contribution is -0.151. The first-order valence-electron chi connectivity index (χ1n) is 7.84. The van der Waals surface area contributed by atoms with Gasteiger partial charge in [0.2, 0.25) is 0 Å². The number of rotatable bonds is 4. The molecule has 0 spiro atoms. The highest BCUT2D eigenvalue weighted by atomic mass is 16.6. The molecule has 1 aliphatic heterocycles. The van der Waals surface area contributed by atoms with Crippen molar-refractivity contribution in [2.24, 2.45) is 0 Å². The van der Waals surface area contributed by atoms with E-state index >= 15 is 0 Å². The topological polar surface area (TPSA) is 55.8 Å². The van der Waals surface area contributed by atoms with Crippen molar-refractivity contribution < 1.29 is 19.1 Å². The van der Waals surface area contributed by atoms with E-state index in [9.17, 15) is 9.59 Å². The summed E-state index contributed by atoms with van der Waals surface area (Å²) in [6.45, 7) is 1.97. The average molecular weight is 325 g/mol. The van der Waals surface area contributed by atoms with Gasteiger partial charge in [0.05, 0.1) is 6.61 Å². The smallest absolute Gasteiger partial charge is 0.411 e. The molecule has 1 heterocycles. The SMILES string of the molecule is CCOC(=O)C1N(C)C(=O)OC1(c1ccccc1)c1ccccc1. The normalized spacial score (nSPS) is 19.0. The fourth-order valence-electron chi connectivity index (χ4n) is 3.16. The predicted octanol–water partition coefficient (Wildman–Crippen LogP) is 2.94. The maximum absolute atomic E-state index is 12.7. The Morgan fingerprint density at radius 3 is 2.04 bits per heavy atom. The van der Waals surface area contributed by atoms with Crippen molar-refractivity contribution in [2.45, 2.75) is 18.6 Å². The van der Waals surface area contributed by atoms with Gasteiger partial charge in [-0.3, -0.25) is 4.90 Å². The van der Waals surface area contributed by atoms with Gasteiger partial charge >= 0.3 is 12.1 Å². The zero-order chi connectivity index (χ0) is 17.2. The summed E-state index contributed by atoms with van der Waals surface area (Å²) < 4.78 is 11.0. The van der Waals surface area contributed by atoms with Gasteiger partial charge in [-0.15, -0.1) is 0 Å². The van der Waals surface area contributed by atoms with Crippen LogP contribution in [0, 0.1) is 0 Å². The monoisotopic (exact) mass is 325 g/mol. The van der Waals surface area contributed by atoms with E-state index in [0.717, 1.165) is 11.1 Å².